The van der Waals surface area contributed by atoms with Crippen molar-refractivity contribution in [2.75, 3.05) is 18.1 Å². The first kappa shape index (κ1) is 29.3. The van der Waals surface area contributed by atoms with Gasteiger partial charge in [0.05, 0.1) is 30.5 Å². The van der Waals surface area contributed by atoms with E-state index in [1.165, 1.54) is 4.90 Å². The molecule has 2 aromatic carbocycles. The fourth-order valence-electron chi connectivity index (χ4n) is 4.20. The van der Waals surface area contributed by atoms with E-state index >= 15 is 0 Å². The number of esters is 1. The van der Waals surface area contributed by atoms with Gasteiger partial charge in [-0.3, -0.25) is 14.5 Å². The van der Waals surface area contributed by atoms with E-state index in [1.807, 2.05) is 13.8 Å². The summed E-state index contributed by atoms with van der Waals surface area (Å²) in [4.78, 5) is 45.5. The van der Waals surface area contributed by atoms with Crippen LogP contribution in [0, 0.1) is 12.8 Å². The first-order chi connectivity index (χ1) is 19.1. The van der Waals surface area contributed by atoms with Crippen molar-refractivity contribution in [3.05, 3.63) is 80.8 Å². The number of amides is 1. The summed E-state index contributed by atoms with van der Waals surface area (Å²) >= 11 is 7.24. The smallest absolute Gasteiger partial charge is 0.350 e. The normalized spacial score (nSPS) is 16.6. The number of aromatic nitrogens is 1. The van der Waals surface area contributed by atoms with Crippen LogP contribution < -0.4 is 9.64 Å². The number of rotatable bonds is 10. The van der Waals surface area contributed by atoms with Gasteiger partial charge in [0.15, 0.2) is 5.13 Å². The molecule has 40 heavy (non-hydrogen) atoms. The maximum absolute atomic E-state index is 13.5. The molecule has 1 aromatic heterocycles. The molecule has 0 aliphatic carbocycles. The first-order valence-electron chi connectivity index (χ1n) is 13.1. The zero-order valence-corrected chi connectivity index (χ0v) is 24.3. The van der Waals surface area contributed by atoms with Gasteiger partial charge in [-0.05, 0) is 61.2 Å². The van der Waals surface area contributed by atoms with Gasteiger partial charge in [-0.15, -0.1) is 0 Å². The average molecular weight is 583 g/mol. The summed E-state index contributed by atoms with van der Waals surface area (Å²) in [6, 6.07) is 12.4. The number of unbranched alkanes of at least 4 members (excludes halogenated alkanes) is 1. The van der Waals surface area contributed by atoms with Gasteiger partial charge in [-0.1, -0.05) is 62.3 Å². The number of ether oxygens (including phenoxy) is 2. The Morgan fingerprint density at radius 3 is 2.55 bits per heavy atom. The van der Waals surface area contributed by atoms with E-state index in [2.05, 4.69) is 11.9 Å². The average Bonchev–Trinajstić information content (AvgIpc) is 3.44. The lowest BCUT2D eigenvalue weighted by atomic mass is 9.95. The topological polar surface area (TPSA) is 106 Å². The van der Waals surface area contributed by atoms with Crippen LogP contribution in [0.2, 0.25) is 5.02 Å². The molecule has 1 N–H and O–H groups in total. The van der Waals surface area contributed by atoms with Gasteiger partial charge in [0.1, 0.15) is 16.4 Å². The van der Waals surface area contributed by atoms with Gasteiger partial charge in [0, 0.05) is 10.6 Å². The van der Waals surface area contributed by atoms with Crippen LogP contribution in [-0.4, -0.2) is 41.0 Å². The second-order valence-electron chi connectivity index (χ2n) is 9.85. The summed E-state index contributed by atoms with van der Waals surface area (Å²) in [7, 11) is 0. The van der Waals surface area contributed by atoms with Crippen LogP contribution in [0.15, 0.2) is 54.1 Å². The molecule has 1 amide bonds. The highest BCUT2D eigenvalue weighted by Gasteiger charge is 2.48. The van der Waals surface area contributed by atoms with Crippen LogP contribution >= 0.6 is 22.9 Å². The summed E-state index contributed by atoms with van der Waals surface area (Å²) in [5.41, 5.74) is 1.12. The number of hydrogen-bond acceptors (Lipinski definition) is 8. The molecule has 1 aliphatic heterocycles. The summed E-state index contributed by atoms with van der Waals surface area (Å²) in [5.74, 6) is -1.85. The Labute approximate surface area is 242 Å². The molecule has 1 atom stereocenters. The standard InChI is InChI=1S/C30H31ClN2O6S/c1-5-6-14-38-22-12-10-19(11-13-22)25(34)23-24(20-8-7-9-21(31)15-20)33(28(36)26(23)35)30-32-18(4)27(40-30)29(37)39-16-17(2)3/h7-13,15,17,24,34H,5-6,14,16H2,1-4H3/b25-23+. The molecule has 1 aliphatic rings. The quantitative estimate of drug-likeness (QED) is 0.0929. The molecule has 0 radical (unpaired) electrons. The highest BCUT2D eigenvalue weighted by Crippen LogP contribution is 2.44. The van der Waals surface area contributed by atoms with Crippen LogP contribution in [0.4, 0.5) is 5.13 Å². The number of carbonyl (C=O) groups excluding carboxylic acids is 3. The van der Waals surface area contributed by atoms with Gasteiger partial charge in [-0.2, -0.15) is 0 Å². The van der Waals surface area contributed by atoms with Crippen molar-refractivity contribution in [1.29, 1.82) is 0 Å². The minimum Gasteiger partial charge on any atom is -0.507 e. The van der Waals surface area contributed by atoms with Crippen molar-refractivity contribution in [2.24, 2.45) is 5.92 Å². The van der Waals surface area contributed by atoms with Crippen LogP contribution in [0.1, 0.15) is 66.1 Å². The van der Waals surface area contributed by atoms with E-state index in [4.69, 9.17) is 21.1 Å². The monoisotopic (exact) mass is 582 g/mol. The molecular weight excluding hydrogens is 552 g/mol. The number of carbonyl (C=O) groups is 3. The van der Waals surface area contributed by atoms with Crippen LogP contribution in [0.5, 0.6) is 5.75 Å². The fourth-order valence-corrected chi connectivity index (χ4v) is 5.39. The Balaban J connectivity index is 1.78. The van der Waals surface area contributed by atoms with Crippen molar-refractivity contribution in [3.8, 4) is 5.75 Å². The lowest BCUT2D eigenvalue weighted by molar-refractivity contribution is -0.132. The predicted octanol–water partition coefficient (Wildman–Crippen LogP) is 6.72. The van der Waals surface area contributed by atoms with E-state index in [1.54, 1.807) is 55.5 Å². The van der Waals surface area contributed by atoms with Crippen LogP contribution in [0.3, 0.4) is 0 Å². The van der Waals surface area contributed by atoms with Gasteiger partial charge in [0.2, 0.25) is 0 Å². The van der Waals surface area contributed by atoms with Gasteiger partial charge >= 0.3 is 11.9 Å². The third-order valence-electron chi connectivity index (χ3n) is 6.23. The summed E-state index contributed by atoms with van der Waals surface area (Å²) in [6.07, 6.45) is 1.92. The predicted molar refractivity (Wildman–Crippen MR) is 155 cm³/mol. The molecule has 0 saturated carbocycles. The molecule has 210 valence electrons. The molecule has 10 heteroatoms. The van der Waals surface area contributed by atoms with E-state index < -0.39 is 23.7 Å². The first-order valence-corrected chi connectivity index (χ1v) is 14.3. The lowest BCUT2D eigenvalue weighted by Gasteiger charge is -2.23. The molecule has 3 aromatic rings. The summed E-state index contributed by atoms with van der Waals surface area (Å²) in [5, 5.41) is 11.9. The SMILES string of the molecule is CCCCOc1ccc(/C(O)=C2\C(=O)C(=O)N(c3nc(C)c(C(=O)OCC(C)C)s3)C2c2cccc(Cl)c2)cc1. The molecule has 0 bridgehead atoms. The molecule has 4 rings (SSSR count). The maximum Gasteiger partial charge on any atom is 0.350 e. The second kappa shape index (κ2) is 12.7. The van der Waals surface area contributed by atoms with Crippen molar-refractivity contribution in [1.82, 2.24) is 4.98 Å². The number of halogens is 1. The molecule has 1 saturated heterocycles. The van der Waals surface area contributed by atoms with Crippen molar-refractivity contribution in [2.45, 2.75) is 46.6 Å². The van der Waals surface area contributed by atoms with Crippen molar-refractivity contribution >= 4 is 51.5 Å². The number of Topliss-reactive ketones (excluding diaryl/α,β-unsaturated/α-hetero) is 1. The van der Waals surface area contributed by atoms with Crippen LogP contribution in [-0.2, 0) is 14.3 Å². The molecular formula is C30H31ClN2O6S. The Hall–Kier alpha value is -3.69. The summed E-state index contributed by atoms with van der Waals surface area (Å²) < 4.78 is 11.1. The third kappa shape index (κ3) is 6.21. The number of nitrogens with zero attached hydrogens (tertiary/aromatic N) is 2. The zero-order valence-electron chi connectivity index (χ0n) is 22.8. The molecule has 0 spiro atoms. The van der Waals surface area contributed by atoms with Crippen LogP contribution in [0.25, 0.3) is 5.76 Å². The molecule has 8 nitrogen and oxygen atoms in total. The highest BCUT2D eigenvalue weighted by molar-refractivity contribution is 7.17. The van der Waals surface area contributed by atoms with Crippen molar-refractivity contribution in [3.63, 3.8) is 0 Å². The van der Waals surface area contributed by atoms with E-state index in [-0.39, 0.29) is 33.9 Å². The molecule has 1 unspecified atom stereocenters. The number of benzene rings is 2. The van der Waals surface area contributed by atoms with Gasteiger partial charge in [-0.25, -0.2) is 9.78 Å². The van der Waals surface area contributed by atoms with E-state index in [9.17, 15) is 19.5 Å². The Kier molecular flexibility index (Phi) is 9.27. The van der Waals surface area contributed by atoms with Crippen molar-refractivity contribution < 1.29 is 29.0 Å². The largest absolute Gasteiger partial charge is 0.507 e. The number of aliphatic hydroxyl groups is 1. The third-order valence-corrected chi connectivity index (χ3v) is 7.60. The minimum atomic E-state index is -1.02. The Morgan fingerprint density at radius 1 is 1.18 bits per heavy atom. The number of aryl methyl sites for hydroxylation is 1. The number of ketones is 1. The van der Waals surface area contributed by atoms with E-state index in [0.29, 0.717) is 34.2 Å². The van der Waals surface area contributed by atoms with E-state index in [0.717, 1.165) is 24.2 Å². The number of hydrogen-bond donors (Lipinski definition) is 1. The number of anilines is 1. The van der Waals surface area contributed by atoms with Gasteiger partial charge < -0.3 is 14.6 Å². The zero-order chi connectivity index (χ0) is 29.0. The number of thiazole rings is 1. The Morgan fingerprint density at radius 2 is 1.90 bits per heavy atom. The molecule has 1 fully saturated rings. The minimum absolute atomic E-state index is 0.108. The summed E-state index contributed by atoms with van der Waals surface area (Å²) in [6.45, 7) is 8.37. The van der Waals surface area contributed by atoms with Gasteiger partial charge in [0.25, 0.3) is 5.78 Å². The highest BCUT2D eigenvalue weighted by atomic mass is 35.5. The second-order valence-corrected chi connectivity index (χ2v) is 11.3. The Bertz CT molecular complexity index is 1450. The fraction of sp³-hybridized carbons (Fsp3) is 0.333. The number of aliphatic hydroxyl groups excluding tert-OH is 1. The molecule has 2 heterocycles. The lowest BCUT2D eigenvalue weighted by Crippen LogP contribution is -2.29. The maximum atomic E-state index is 13.5.